The first-order valence-corrected chi connectivity index (χ1v) is 8.76. The number of aromatic hydroxyl groups is 1. The van der Waals surface area contributed by atoms with Gasteiger partial charge in [-0.05, 0) is 38.0 Å². The van der Waals surface area contributed by atoms with Crippen molar-refractivity contribution in [2.24, 2.45) is 11.3 Å². The molecule has 0 fully saturated rings. The molecule has 0 saturated heterocycles. The second-order valence-electron chi connectivity index (χ2n) is 7.81. The zero-order chi connectivity index (χ0) is 19.4. The van der Waals surface area contributed by atoms with Gasteiger partial charge in [-0.3, -0.25) is 0 Å². The zero-order valence-electron chi connectivity index (χ0n) is 17.2. The fourth-order valence-corrected chi connectivity index (χ4v) is 3.51. The maximum atomic E-state index is 10.5. The monoisotopic (exact) mass is 350 g/mol. The highest BCUT2D eigenvalue weighted by Crippen LogP contribution is 2.50. The summed E-state index contributed by atoms with van der Waals surface area (Å²) >= 11 is 0. The van der Waals surface area contributed by atoms with E-state index in [4.69, 9.17) is 14.2 Å². The Bertz CT molecular complexity index is 628. The van der Waals surface area contributed by atoms with Crippen molar-refractivity contribution in [3.63, 3.8) is 0 Å². The van der Waals surface area contributed by atoms with Crippen molar-refractivity contribution in [1.29, 1.82) is 0 Å². The van der Waals surface area contributed by atoms with Crippen LogP contribution in [0.5, 0.6) is 23.0 Å². The van der Waals surface area contributed by atoms with Crippen LogP contribution in [0.15, 0.2) is 11.6 Å². The Kier molecular flexibility index (Phi) is 7.21. The number of ether oxygens (including phenoxy) is 3. The van der Waals surface area contributed by atoms with Crippen molar-refractivity contribution in [3.8, 4) is 23.0 Å². The van der Waals surface area contributed by atoms with Crippen molar-refractivity contribution in [2.45, 2.75) is 54.4 Å². The van der Waals surface area contributed by atoms with Crippen molar-refractivity contribution in [3.05, 3.63) is 22.8 Å². The number of allylic oxidation sites excluding steroid dienone is 2. The van der Waals surface area contributed by atoms with E-state index in [0.717, 1.165) is 24.0 Å². The minimum absolute atomic E-state index is 0.0803. The van der Waals surface area contributed by atoms with Crippen LogP contribution in [0.1, 0.15) is 52.2 Å². The Morgan fingerprint density at radius 1 is 1.04 bits per heavy atom. The van der Waals surface area contributed by atoms with E-state index in [-0.39, 0.29) is 11.2 Å². The van der Waals surface area contributed by atoms with Gasteiger partial charge in [0.2, 0.25) is 11.5 Å². The minimum atomic E-state index is -0.0803. The molecule has 0 radical (unpaired) electrons. The van der Waals surface area contributed by atoms with Gasteiger partial charge in [0.15, 0.2) is 11.5 Å². The molecule has 0 aromatic heterocycles. The van der Waals surface area contributed by atoms with Crippen LogP contribution in [0.4, 0.5) is 0 Å². The molecule has 0 aliphatic carbocycles. The Morgan fingerprint density at radius 3 is 2.00 bits per heavy atom. The van der Waals surface area contributed by atoms with Gasteiger partial charge in [-0.1, -0.05) is 39.3 Å². The highest BCUT2D eigenvalue weighted by atomic mass is 16.5. The Morgan fingerprint density at radius 2 is 1.56 bits per heavy atom. The van der Waals surface area contributed by atoms with Gasteiger partial charge in [-0.2, -0.15) is 0 Å². The van der Waals surface area contributed by atoms with E-state index in [1.807, 2.05) is 6.92 Å². The van der Waals surface area contributed by atoms with E-state index in [1.165, 1.54) is 12.7 Å². The summed E-state index contributed by atoms with van der Waals surface area (Å²) in [7, 11) is 4.68. The van der Waals surface area contributed by atoms with Crippen LogP contribution < -0.4 is 14.2 Å². The Balaban J connectivity index is 3.40. The van der Waals surface area contributed by atoms with E-state index >= 15 is 0 Å². The molecule has 0 aliphatic heterocycles. The number of hydrogen-bond donors (Lipinski definition) is 1. The number of benzene rings is 1. The van der Waals surface area contributed by atoms with Gasteiger partial charge in [0.05, 0.1) is 21.3 Å². The molecule has 0 bridgehead atoms. The average molecular weight is 350 g/mol. The second-order valence-corrected chi connectivity index (χ2v) is 7.81. The maximum absolute atomic E-state index is 10.5. The number of hydrogen-bond acceptors (Lipinski definition) is 4. The summed E-state index contributed by atoms with van der Waals surface area (Å²) in [5.74, 6) is 2.10. The van der Waals surface area contributed by atoms with E-state index in [2.05, 4.69) is 40.7 Å². The lowest BCUT2D eigenvalue weighted by Crippen LogP contribution is -2.15. The summed E-state index contributed by atoms with van der Waals surface area (Å²) in [4.78, 5) is 0. The van der Waals surface area contributed by atoms with Gasteiger partial charge >= 0.3 is 0 Å². The number of phenols is 1. The van der Waals surface area contributed by atoms with Crippen molar-refractivity contribution in [1.82, 2.24) is 0 Å². The van der Waals surface area contributed by atoms with Gasteiger partial charge < -0.3 is 19.3 Å². The largest absolute Gasteiger partial charge is 0.504 e. The first-order valence-electron chi connectivity index (χ1n) is 8.76. The third kappa shape index (κ3) is 5.07. The molecule has 0 amide bonds. The summed E-state index contributed by atoms with van der Waals surface area (Å²) in [5.41, 5.74) is 3.00. The lowest BCUT2D eigenvalue weighted by atomic mass is 9.81. The van der Waals surface area contributed by atoms with Crippen molar-refractivity contribution >= 4 is 0 Å². The lowest BCUT2D eigenvalue weighted by molar-refractivity contribution is 0.305. The molecule has 0 heterocycles. The van der Waals surface area contributed by atoms with Gasteiger partial charge in [0, 0.05) is 11.1 Å². The maximum Gasteiger partial charge on any atom is 0.207 e. The van der Waals surface area contributed by atoms with Crippen molar-refractivity contribution < 1.29 is 19.3 Å². The SMILES string of the molecule is COc1c(O)c(C)c(CC(C)(C)/C=C(\C)CC(C)C)c(OC)c1OC. The van der Waals surface area contributed by atoms with Gasteiger partial charge in [-0.15, -0.1) is 0 Å². The third-order valence-electron chi connectivity index (χ3n) is 4.32. The van der Waals surface area contributed by atoms with E-state index in [0.29, 0.717) is 23.2 Å². The Hall–Kier alpha value is -1.84. The van der Waals surface area contributed by atoms with Crippen LogP contribution in [-0.2, 0) is 6.42 Å². The van der Waals surface area contributed by atoms with E-state index in [9.17, 15) is 5.11 Å². The molecule has 0 aliphatic rings. The molecular weight excluding hydrogens is 316 g/mol. The second kappa shape index (κ2) is 8.50. The van der Waals surface area contributed by atoms with Gasteiger partial charge in [0.1, 0.15) is 0 Å². The predicted octanol–water partition coefficient (Wildman–Crippen LogP) is 5.29. The number of phenolic OH excluding ortho intramolecular Hbond substituents is 1. The first kappa shape index (κ1) is 21.2. The quantitative estimate of drug-likeness (QED) is 0.647. The Labute approximate surface area is 152 Å². The normalized spacial score (nSPS) is 12.5. The summed E-state index contributed by atoms with van der Waals surface area (Å²) < 4.78 is 16.4. The van der Waals surface area contributed by atoms with Crippen LogP contribution in [-0.4, -0.2) is 26.4 Å². The third-order valence-corrected chi connectivity index (χ3v) is 4.32. The molecule has 142 valence electrons. The molecule has 1 aromatic rings. The van der Waals surface area contributed by atoms with Crippen LogP contribution in [0.3, 0.4) is 0 Å². The smallest absolute Gasteiger partial charge is 0.207 e. The topological polar surface area (TPSA) is 47.9 Å². The zero-order valence-corrected chi connectivity index (χ0v) is 17.2. The first-order chi connectivity index (χ1) is 11.6. The molecule has 4 nitrogen and oxygen atoms in total. The fourth-order valence-electron chi connectivity index (χ4n) is 3.51. The van der Waals surface area contributed by atoms with E-state index < -0.39 is 0 Å². The predicted molar refractivity (Wildman–Crippen MR) is 103 cm³/mol. The molecule has 1 rings (SSSR count). The molecular formula is C21H34O4. The molecule has 0 atom stereocenters. The van der Waals surface area contributed by atoms with Gasteiger partial charge in [0.25, 0.3) is 0 Å². The standard InChI is InChI=1S/C21H34O4/c1-13(2)10-14(3)11-21(5,6)12-16-15(4)17(22)19(24-8)20(25-9)18(16)23-7/h11,13,22H,10,12H2,1-9H3/b14-11+. The molecule has 4 heteroatoms. The fraction of sp³-hybridized carbons (Fsp3) is 0.619. The molecule has 25 heavy (non-hydrogen) atoms. The summed E-state index contributed by atoms with van der Waals surface area (Å²) in [6.07, 6.45) is 4.13. The van der Waals surface area contributed by atoms with Crippen molar-refractivity contribution in [2.75, 3.05) is 21.3 Å². The van der Waals surface area contributed by atoms with Crippen LogP contribution in [0, 0.1) is 18.3 Å². The summed E-state index contributed by atoms with van der Waals surface area (Å²) in [5, 5.41) is 10.5. The number of methoxy groups -OCH3 is 3. The molecule has 0 spiro atoms. The highest BCUT2D eigenvalue weighted by Gasteiger charge is 2.28. The molecule has 0 saturated carbocycles. The van der Waals surface area contributed by atoms with Crippen LogP contribution in [0.2, 0.25) is 0 Å². The van der Waals surface area contributed by atoms with E-state index in [1.54, 1.807) is 14.2 Å². The molecule has 1 N–H and O–H groups in total. The van der Waals surface area contributed by atoms with Gasteiger partial charge in [-0.25, -0.2) is 0 Å². The summed E-state index contributed by atoms with van der Waals surface area (Å²) in [6, 6.07) is 0. The average Bonchev–Trinajstić information content (AvgIpc) is 2.49. The molecule has 1 aromatic carbocycles. The summed E-state index contributed by atoms with van der Waals surface area (Å²) in [6.45, 7) is 12.9. The lowest BCUT2D eigenvalue weighted by Gasteiger charge is -2.26. The van der Waals surface area contributed by atoms with Crippen LogP contribution >= 0.6 is 0 Å². The van der Waals surface area contributed by atoms with Crippen LogP contribution in [0.25, 0.3) is 0 Å². The highest BCUT2D eigenvalue weighted by molar-refractivity contribution is 5.66. The minimum Gasteiger partial charge on any atom is -0.504 e. The number of rotatable bonds is 8. The molecule has 0 unspecified atom stereocenters.